The smallest absolute Gasteiger partial charge is 0.254 e. The molecule has 0 fully saturated rings. The number of benzene rings is 4. The van der Waals surface area contributed by atoms with Gasteiger partial charge in [0, 0.05) is 25.2 Å². The van der Waals surface area contributed by atoms with Crippen molar-refractivity contribution in [1.29, 1.82) is 0 Å². The molecule has 4 aromatic rings. The van der Waals surface area contributed by atoms with Gasteiger partial charge in [0.15, 0.2) is 11.6 Å². The van der Waals surface area contributed by atoms with Gasteiger partial charge in [-0.15, -0.1) is 12.4 Å². The molecular formula is C35H35ClFN3O5. The van der Waals surface area contributed by atoms with Crippen LogP contribution in [0.5, 0.6) is 23.0 Å². The minimum atomic E-state index is -0.515. The van der Waals surface area contributed by atoms with E-state index in [-0.39, 0.29) is 36.4 Å². The summed E-state index contributed by atoms with van der Waals surface area (Å²) in [5.74, 6) is 0.984. The first-order chi connectivity index (χ1) is 21.5. The summed E-state index contributed by atoms with van der Waals surface area (Å²) in [6, 6.07) is 24.6. The van der Waals surface area contributed by atoms with Crippen LogP contribution in [-0.4, -0.2) is 49.6 Å². The van der Waals surface area contributed by atoms with E-state index in [2.05, 4.69) is 5.32 Å². The molecule has 1 atom stereocenters. The number of halogens is 2. The van der Waals surface area contributed by atoms with Crippen molar-refractivity contribution in [2.75, 3.05) is 32.8 Å². The number of ether oxygens (including phenoxy) is 3. The maximum Gasteiger partial charge on any atom is 0.254 e. The standard InChI is InChI=1S/C35H34FN3O5.ClH/c36-31-11-8-23-18-32(31)44-29-9-10-30-24(20-29)12-15-39(35(41)26-5-2-7-28(22-26)43-17-13-37)34(30)25-4-1-6-27(21-25)42-16-3-14-38-33(40)19-23;/h1-2,4-11,18,20-22,34H,3,12-17,19,37H2,(H,38,40);1H. The Hall–Kier alpha value is -4.60. The van der Waals surface area contributed by atoms with Gasteiger partial charge in [0.25, 0.3) is 5.91 Å². The van der Waals surface area contributed by atoms with Gasteiger partial charge in [-0.05, 0) is 89.7 Å². The normalized spacial score (nSPS) is 16.1. The van der Waals surface area contributed by atoms with Gasteiger partial charge in [0.1, 0.15) is 23.9 Å². The number of amides is 2. The van der Waals surface area contributed by atoms with Gasteiger partial charge in [-0.25, -0.2) is 4.39 Å². The zero-order chi connectivity index (χ0) is 30.5. The lowest BCUT2D eigenvalue weighted by atomic mass is 9.87. The number of hydrogen-bond donors (Lipinski definition) is 2. The van der Waals surface area contributed by atoms with Gasteiger partial charge in [-0.1, -0.05) is 30.3 Å². The molecule has 10 heteroatoms. The Balaban J connectivity index is 0.00000400. The highest BCUT2D eigenvalue weighted by Crippen LogP contribution is 2.39. The SMILES string of the molecule is Cl.NCCOc1cccc(C(=O)N2CCc3cc4ccc3C2c2cccc(c2)OCCCNC(=O)Cc2ccc(F)c(c2)O4)c1. The Morgan fingerprint density at radius 3 is 2.76 bits per heavy atom. The zero-order valence-electron chi connectivity index (χ0n) is 24.7. The highest BCUT2D eigenvalue weighted by atomic mass is 35.5. The van der Waals surface area contributed by atoms with Crippen molar-refractivity contribution in [2.45, 2.75) is 25.3 Å². The fourth-order valence-electron chi connectivity index (χ4n) is 5.68. The van der Waals surface area contributed by atoms with Crippen LogP contribution in [-0.2, 0) is 17.6 Å². The third-order valence-electron chi connectivity index (χ3n) is 7.75. The average molecular weight is 632 g/mol. The quantitative estimate of drug-likeness (QED) is 0.304. The lowest BCUT2D eigenvalue weighted by Gasteiger charge is -2.38. The average Bonchev–Trinajstić information content (AvgIpc) is 3.04. The van der Waals surface area contributed by atoms with E-state index in [9.17, 15) is 14.0 Å². The number of carbonyl (C=O) groups is 2. The van der Waals surface area contributed by atoms with Gasteiger partial charge < -0.3 is 30.2 Å². The van der Waals surface area contributed by atoms with Crippen LogP contribution in [0.3, 0.4) is 0 Å². The highest BCUT2D eigenvalue weighted by Gasteiger charge is 2.33. The molecule has 3 aliphatic rings. The minimum absolute atomic E-state index is 0. The number of rotatable bonds is 4. The molecule has 8 nitrogen and oxygen atoms in total. The van der Waals surface area contributed by atoms with Crippen LogP contribution in [0.25, 0.3) is 0 Å². The van der Waals surface area contributed by atoms with Gasteiger partial charge in [-0.2, -0.15) is 0 Å². The Morgan fingerprint density at radius 1 is 1.02 bits per heavy atom. The van der Waals surface area contributed by atoms with E-state index in [1.54, 1.807) is 36.4 Å². The first-order valence-electron chi connectivity index (χ1n) is 14.8. The van der Waals surface area contributed by atoms with Gasteiger partial charge >= 0.3 is 0 Å². The molecule has 3 heterocycles. The number of carbonyl (C=O) groups excluding carboxylic acids is 2. The van der Waals surface area contributed by atoms with E-state index in [1.165, 1.54) is 6.07 Å². The summed E-state index contributed by atoms with van der Waals surface area (Å²) < 4.78 is 32.5. The van der Waals surface area contributed by atoms with Crippen molar-refractivity contribution in [2.24, 2.45) is 5.73 Å². The molecule has 234 valence electrons. The number of nitrogens with two attached hydrogens (primary N) is 1. The zero-order valence-corrected chi connectivity index (χ0v) is 25.5. The fraction of sp³-hybridized carbons (Fsp3) is 0.257. The van der Waals surface area contributed by atoms with E-state index in [1.807, 2.05) is 47.4 Å². The second kappa shape index (κ2) is 14.5. The minimum Gasteiger partial charge on any atom is -0.494 e. The molecule has 3 aliphatic heterocycles. The molecule has 0 aromatic heterocycles. The topological polar surface area (TPSA) is 103 Å². The first-order valence-corrected chi connectivity index (χ1v) is 14.8. The van der Waals surface area contributed by atoms with Crippen molar-refractivity contribution in [3.8, 4) is 23.0 Å². The van der Waals surface area contributed by atoms with Gasteiger partial charge in [0.05, 0.1) is 19.1 Å². The molecule has 7 rings (SSSR count). The van der Waals surface area contributed by atoms with Gasteiger partial charge in [-0.3, -0.25) is 9.59 Å². The van der Waals surface area contributed by atoms with Crippen LogP contribution in [0.1, 0.15) is 45.1 Å². The van der Waals surface area contributed by atoms with Crippen molar-refractivity contribution in [3.63, 3.8) is 0 Å². The van der Waals surface area contributed by atoms with Crippen molar-refractivity contribution in [3.05, 3.63) is 119 Å². The maximum absolute atomic E-state index is 14.8. The largest absolute Gasteiger partial charge is 0.494 e. The number of nitrogens with one attached hydrogen (secondary N) is 1. The first kappa shape index (κ1) is 31.8. The maximum atomic E-state index is 14.8. The molecule has 3 N–H and O–H groups in total. The van der Waals surface area contributed by atoms with Crippen molar-refractivity contribution in [1.82, 2.24) is 10.2 Å². The monoisotopic (exact) mass is 631 g/mol. The number of fused-ring (bicyclic) bond motifs is 7. The molecule has 2 amide bonds. The van der Waals surface area contributed by atoms with Crippen LogP contribution in [0.15, 0.2) is 84.9 Å². The van der Waals surface area contributed by atoms with Crippen LogP contribution in [0.4, 0.5) is 4.39 Å². The Bertz CT molecular complexity index is 1680. The Labute approximate surface area is 267 Å². The summed E-state index contributed by atoms with van der Waals surface area (Å²) in [6.45, 7) is 2.03. The summed E-state index contributed by atoms with van der Waals surface area (Å²) in [7, 11) is 0. The lowest BCUT2D eigenvalue weighted by molar-refractivity contribution is -0.120. The van der Waals surface area contributed by atoms with Crippen LogP contribution in [0, 0.1) is 5.82 Å². The van der Waals surface area contributed by atoms with E-state index in [0.717, 1.165) is 16.7 Å². The lowest BCUT2D eigenvalue weighted by Crippen LogP contribution is -2.40. The van der Waals surface area contributed by atoms with Crippen molar-refractivity contribution < 1.29 is 28.2 Å². The second-order valence-electron chi connectivity index (χ2n) is 10.8. The van der Waals surface area contributed by atoms with Crippen molar-refractivity contribution >= 4 is 24.2 Å². The molecular weight excluding hydrogens is 597 g/mol. The molecule has 0 spiro atoms. The van der Waals surface area contributed by atoms with E-state index in [0.29, 0.717) is 74.1 Å². The molecule has 0 radical (unpaired) electrons. The summed E-state index contributed by atoms with van der Waals surface area (Å²) in [5.41, 5.74) is 9.60. The second-order valence-corrected chi connectivity index (χ2v) is 10.8. The predicted octanol–water partition coefficient (Wildman–Crippen LogP) is 5.61. The number of hydrogen-bond acceptors (Lipinski definition) is 6. The molecule has 0 aliphatic carbocycles. The van der Waals surface area contributed by atoms with Crippen LogP contribution >= 0.6 is 12.4 Å². The van der Waals surface area contributed by atoms with Gasteiger partial charge in [0.2, 0.25) is 5.91 Å². The van der Waals surface area contributed by atoms with E-state index < -0.39 is 11.9 Å². The molecule has 1 unspecified atom stereocenters. The predicted molar refractivity (Wildman–Crippen MR) is 171 cm³/mol. The molecule has 8 bridgehead atoms. The van der Waals surface area contributed by atoms with E-state index >= 15 is 0 Å². The molecule has 0 saturated heterocycles. The number of nitrogens with zero attached hydrogens (tertiary/aromatic N) is 1. The third kappa shape index (κ3) is 7.38. The Morgan fingerprint density at radius 2 is 1.89 bits per heavy atom. The van der Waals surface area contributed by atoms with E-state index in [4.69, 9.17) is 19.9 Å². The molecule has 4 aromatic carbocycles. The summed E-state index contributed by atoms with van der Waals surface area (Å²) in [6.07, 6.45) is 1.30. The van der Waals surface area contributed by atoms with Crippen LogP contribution in [0.2, 0.25) is 0 Å². The third-order valence-corrected chi connectivity index (χ3v) is 7.75. The molecule has 45 heavy (non-hydrogen) atoms. The van der Waals surface area contributed by atoms with Crippen LogP contribution < -0.4 is 25.3 Å². The molecule has 0 saturated carbocycles. The fourth-order valence-corrected chi connectivity index (χ4v) is 5.68. The summed E-state index contributed by atoms with van der Waals surface area (Å²) >= 11 is 0. The summed E-state index contributed by atoms with van der Waals surface area (Å²) in [5, 5.41) is 2.89. The Kier molecular flexibility index (Phi) is 10.2. The highest BCUT2D eigenvalue weighted by molar-refractivity contribution is 5.95. The summed E-state index contributed by atoms with van der Waals surface area (Å²) in [4.78, 5) is 28.4.